The highest BCUT2D eigenvalue weighted by molar-refractivity contribution is 5.82. The van der Waals surface area contributed by atoms with Crippen molar-refractivity contribution in [1.82, 2.24) is 10.2 Å². The fourth-order valence-electron chi connectivity index (χ4n) is 5.39. The Kier molecular flexibility index (Phi) is 4.40. The van der Waals surface area contributed by atoms with E-state index in [1.807, 2.05) is 6.92 Å². The zero-order valence-electron chi connectivity index (χ0n) is 18.0. The van der Waals surface area contributed by atoms with Crippen LogP contribution in [0.15, 0.2) is 24.3 Å². The van der Waals surface area contributed by atoms with Crippen LogP contribution in [0.2, 0.25) is 0 Å². The van der Waals surface area contributed by atoms with Gasteiger partial charge in [0.1, 0.15) is 0 Å². The number of fused-ring (bicyclic) bond motifs is 1. The summed E-state index contributed by atoms with van der Waals surface area (Å²) < 4.78 is 0. The van der Waals surface area contributed by atoms with E-state index >= 15 is 0 Å². The maximum Gasteiger partial charge on any atom is 0.225 e. The van der Waals surface area contributed by atoms with Gasteiger partial charge in [0.2, 0.25) is 11.8 Å². The number of carbonyl (C=O) groups excluding carboxylic acids is 2. The van der Waals surface area contributed by atoms with E-state index in [0.29, 0.717) is 18.2 Å². The second-order valence-electron chi connectivity index (χ2n) is 10.7. The fourth-order valence-corrected chi connectivity index (χ4v) is 5.39. The van der Waals surface area contributed by atoms with E-state index in [1.54, 1.807) is 0 Å². The predicted octanol–water partition coefficient (Wildman–Crippen LogP) is 3.78. The lowest BCUT2D eigenvalue weighted by atomic mass is 9.68. The summed E-state index contributed by atoms with van der Waals surface area (Å²) in [5, 5.41) is 3.08. The van der Waals surface area contributed by atoms with Gasteiger partial charge in [-0.05, 0) is 48.6 Å². The molecule has 3 fully saturated rings. The SMILES string of the molecule is CCC(=O)N[C@]1(C)C[C@H](C(=O)N2C[C@@H]3C[C@]3(c3ccc(C(C)(C)C)cc3)C2)C1. The van der Waals surface area contributed by atoms with Crippen LogP contribution >= 0.6 is 0 Å². The first-order valence-electron chi connectivity index (χ1n) is 10.8. The molecule has 1 heterocycles. The normalized spacial score (nSPS) is 33.8. The van der Waals surface area contributed by atoms with Gasteiger partial charge in [-0.1, -0.05) is 52.0 Å². The van der Waals surface area contributed by atoms with Crippen molar-refractivity contribution in [2.45, 2.75) is 76.7 Å². The van der Waals surface area contributed by atoms with E-state index < -0.39 is 0 Å². The van der Waals surface area contributed by atoms with Crippen LogP contribution in [0.1, 0.15) is 71.4 Å². The lowest BCUT2D eigenvalue weighted by Crippen LogP contribution is -2.58. The van der Waals surface area contributed by atoms with E-state index in [9.17, 15) is 9.59 Å². The number of hydrogen-bond acceptors (Lipinski definition) is 2. The van der Waals surface area contributed by atoms with Crippen LogP contribution in [-0.2, 0) is 20.4 Å². The van der Waals surface area contributed by atoms with E-state index in [2.05, 4.69) is 62.2 Å². The third-order valence-electron chi connectivity index (χ3n) is 7.29. The average Bonchev–Trinajstić information content (AvgIpc) is 3.19. The maximum atomic E-state index is 13.0. The third kappa shape index (κ3) is 3.25. The molecular formula is C24H34N2O2. The minimum atomic E-state index is -0.198. The van der Waals surface area contributed by atoms with Crippen molar-refractivity contribution in [2.24, 2.45) is 11.8 Å². The molecule has 4 nitrogen and oxygen atoms in total. The van der Waals surface area contributed by atoms with Gasteiger partial charge in [0.25, 0.3) is 0 Å². The van der Waals surface area contributed by atoms with Gasteiger partial charge in [0.15, 0.2) is 0 Å². The van der Waals surface area contributed by atoms with Crippen molar-refractivity contribution in [1.29, 1.82) is 0 Å². The number of benzene rings is 1. The molecule has 0 bridgehead atoms. The lowest BCUT2D eigenvalue weighted by molar-refractivity contribution is -0.142. The molecule has 4 heteroatoms. The number of hydrogen-bond donors (Lipinski definition) is 1. The van der Waals surface area contributed by atoms with Crippen LogP contribution in [0.25, 0.3) is 0 Å². The molecule has 1 N–H and O–H groups in total. The Morgan fingerprint density at radius 1 is 1.14 bits per heavy atom. The molecule has 2 saturated carbocycles. The van der Waals surface area contributed by atoms with Crippen molar-refractivity contribution < 1.29 is 9.59 Å². The predicted molar refractivity (Wildman–Crippen MR) is 111 cm³/mol. The molecule has 1 saturated heterocycles. The standard InChI is InChI=1S/C24H34N2O2/c1-6-20(27)25-23(5)11-16(12-23)21(28)26-14-19-13-24(19,15-26)18-9-7-17(8-10-18)22(2,3)4/h7-10,16,19H,6,11-15H2,1-5H3,(H,25,27)/t16-,19-,23+,24+/m0/s1. The Labute approximate surface area is 169 Å². The van der Waals surface area contributed by atoms with Crippen molar-refractivity contribution in [3.63, 3.8) is 0 Å². The second kappa shape index (κ2) is 6.33. The van der Waals surface area contributed by atoms with Gasteiger partial charge in [-0.3, -0.25) is 9.59 Å². The lowest BCUT2D eigenvalue weighted by Gasteiger charge is -2.46. The highest BCUT2D eigenvalue weighted by Crippen LogP contribution is 2.59. The Bertz CT molecular complexity index is 786. The first kappa shape index (κ1) is 19.5. The van der Waals surface area contributed by atoms with Gasteiger partial charge in [-0.25, -0.2) is 0 Å². The van der Waals surface area contributed by atoms with E-state index in [1.165, 1.54) is 17.5 Å². The molecule has 1 aromatic rings. The van der Waals surface area contributed by atoms with Crippen molar-refractivity contribution >= 4 is 11.8 Å². The molecule has 0 unspecified atom stereocenters. The average molecular weight is 383 g/mol. The molecule has 0 spiro atoms. The topological polar surface area (TPSA) is 49.4 Å². The maximum absolute atomic E-state index is 13.0. The summed E-state index contributed by atoms with van der Waals surface area (Å²) in [5.41, 5.74) is 2.92. The van der Waals surface area contributed by atoms with E-state index in [0.717, 1.165) is 25.9 Å². The first-order valence-corrected chi connectivity index (χ1v) is 10.8. The summed E-state index contributed by atoms with van der Waals surface area (Å²) in [6.45, 7) is 12.4. The zero-order chi connectivity index (χ0) is 20.3. The van der Waals surface area contributed by atoms with Crippen molar-refractivity contribution in [2.75, 3.05) is 13.1 Å². The quantitative estimate of drug-likeness (QED) is 0.862. The summed E-state index contributed by atoms with van der Waals surface area (Å²) in [6.07, 6.45) is 3.25. The highest BCUT2D eigenvalue weighted by atomic mass is 16.2. The van der Waals surface area contributed by atoms with Gasteiger partial charge in [-0.15, -0.1) is 0 Å². The summed E-state index contributed by atoms with van der Waals surface area (Å²) in [6, 6.07) is 9.10. The number of nitrogens with one attached hydrogen (secondary N) is 1. The van der Waals surface area contributed by atoms with Gasteiger partial charge < -0.3 is 10.2 Å². The van der Waals surface area contributed by atoms with Gasteiger partial charge in [-0.2, -0.15) is 0 Å². The molecule has 28 heavy (non-hydrogen) atoms. The Morgan fingerprint density at radius 3 is 2.36 bits per heavy atom. The molecule has 2 atom stereocenters. The molecule has 1 aromatic carbocycles. The molecule has 2 amide bonds. The zero-order valence-corrected chi connectivity index (χ0v) is 18.0. The number of piperidine rings is 1. The van der Waals surface area contributed by atoms with Gasteiger partial charge in [0.05, 0.1) is 0 Å². The van der Waals surface area contributed by atoms with Crippen LogP contribution in [0.5, 0.6) is 0 Å². The Balaban J connectivity index is 1.37. The van der Waals surface area contributed by atoms with Gasteiger partial charge in [0, 0.05) is 36.4 Å². The van der Waals surface area contributed by atoms with Crippen LogP contribution in [0.4, 0.5) is 0 Å². The largest absolute Gasteiger partial charge is 0.351 e. The fraction of sp³-hybridized carbons (Fsp3) is 0.667. The summed E-state index contributed by atoms with van der Waals surface area (Å²) >= 11 is 0. The molecular weight excluding hydrogens is 348 g/mol. The van der Waals surface area contributed by atoms with Crippen LogP contribution < -0.4 is 5.32 Å². The minimum absolute atomic E-state index is 0.0694. The Morgan fingerprint density at radius 2 is 1.79 bits per heavy atom. The number of amides is 2. The first-order chi connectivity index (χ1) is 13.1. The van der Waals surface area contributed by atoms with Gasteiger partial charge >= 0.3 is 0 Å². The van der Waals surface area contributed by atoms with Crippen LogP contribution in [0, 0.1) is 11.8 Å². The smallest absolute Gasteiger partial charge is 0.225 e. The monoisotopic (exact) mass is 382 g/mol. The Hall–Kier alpha value is -1.84. The molecule has 3 aliphatic rings. The third-order valence-corrected chi connectivity index (χ3v) is 7.29. The molecule has 2 aliphatic carbocycles. The minimum Gasteiger partial charge on any atom is -0.351 e. The molecule has 1 aliphatic heterocycles. The summed E-state index contributed by atoms with van der Waals surface area (Å²) in [4.78, 5) is 26.8. The number of likely N-dealkylation sites (tertiary alicyclic amines) is 1. The summed E-state index contributed by atoms with van der Waals surface area (Å²) in [5.74, 6) is 1.05. The molecule has 4 rings (SSSR count). The highest BCUT2D eigenvalue weighted by Gasteiger charge is 2.62. The van der Waals surface area contributed by atoms with E-state index in [4.69, 9.17) is 0 Å². The number of nitrogens with zero attached hydrogens (tertiary/aromatic N) is 1. The molecule has 0 radical (unpaired) electrons. The second-order valence-corrected chi connectivity index (χ2v) is 10.7. The van der Waals surface area contributed by atoms with Crippen molar-refractivity contribution in [3.8, 4) is 0 Å². The van der Waals surface area contributed by atoms with Crippen LogP contribution in [0.3, 0.4) is 0 Å². The van der Waals surface area contributed by atoms with Crippen molar-refractivity contribution in [3.05, 3.63) is 35.4 Å². The number of rotatable bonds is 4. The summed E-state index contributed by atoms with van der Waals surface area (Å²) in [7, 11) is 0. The van der Waals surface area contributed by atoms with Crippen LogP contribution in [-0.4, -0.2) is 35.3 Å². The molecule has 152 valence electrons. The molecule has 0 aromatic heterocycles. The number of carbonyl (C=O) groups is 2. The van der Waals surface area contributed by atoms with E-state index in [-0.39, 0.29) is 28.2 Å².